The van der Waals surface area contributed by atoms with Crippen molar-refractivity contribution in [1.82, 2.24) is 0 Å². The zero-order valence-corrected chi connectivity index (χ0v) is 10.2. The molecule has 0 rings (SSSR count). The third-order valence-corrected chi connectivity index (χ3v) is 0. The van der Waals surface area contributed by atoms with E-state index in [1.807, 2.05) is 0 Å². The van der Waals surface area contributed by atoms with Crippen LogP contribution in [0.5, 0.6) is 0 Å². The van der Waals surface area contributed by atoms with Crippen LogP contribution < -0.4 is 0 Å². The molecule has 0 saturated heterocycles. The monoisotopic (exact) mass is 263 g/mol. The fraction of sp³-hybridized carbons (Fsp3) is 0. The van der Waals surface area contributed by atoms with E-state index in [9.17, 15) is 0 Å². The molecule has 0 spiro atoms. The molecule has 25 valence electrons. The summed E-state index contributed by atoms with van der Waals surface area (Å²) in [6, 6.07) is 0. The molecule has 0 aliphatic rings. The van der Waals surface area contributed by atoms with Crippen LogP contribution in [-0.2, 0) is 37.8 Å². The van der Waals surface area contributed by atoms with Crippen molar-refractivity contribution in [2.75, 3.05) is 0 Å². The van der Waals surface area contributed by atoms with Gasteiger partial charge < -0.3 is 0 Å². The average molecular weight is 261 g/mol. The summed E-state index contributed by atoms with van der Waals surface area (Å²) in [6.45, 7) is 0. The Morgan fingerprint density at radius 3 is 1.00 bits per heavy atom. The normalized spacial score (nSPS) is 4.20. The van der Waals surface area contributed by atoms with Gasteiger partial charge in [0.15, 0.2) is 0 Å². The first-order chi connectivity index (χ1) is 1.73. The summed E-state index contributed by atoms with van der Waals surface area (Å²) in [5, 5.41) is 0. The molecule has 0 aliphatic carbocycles. The first-order valence-electron chi connectivity index (χ1n) is 0.474. The van der Waals surface area contributed by atoms with Gasteiger partial charge in [-0.2, -0.15) is 0 Å². The van der Waals surface area contributed by atoms with Gasteiger partial charge >= 0.3 is 32.3 Å². The van der Waals surface area contributed by atoms with Crippen molar-refractivity contribution >= 4 is 21.8 Å². The number of hydrogen-bond acceptors (Lipinski definition) is 0. The van der Waals surface area contributed by atoms with Gasteiger partial charge in [0.25, 0.3) is 0 Å². The number of hydrogen-bond donors (Lipinski definition) is 0. The summed E-state index contributed by atoms with van der Waals surface area (Å²) in [6.07, 6.45) is 0. The molecular weight excluding hydrogens is 261 g/mol. The molecule has 0 saturated carbocycles. The van der Waals surface area contributed by atoms with Crippen LogP contribution in [0.3, 0.4) is 0 Å². The van der Waals surface area contributed by atoms with Gasteiger partial charge in [0.05, 0.1) is 0 Å². The van der Waals surface area contributed by atoms with Gasteiger partial charge in [-0.15, -0.1) is 0 Å². The molecule has 0 radical (unpaired) electrons. The maximum absolute atomic E-state index is 3.78. The summed E-state index contributed by atoms with van der Waals surface area (Å²) < 4.78 is 0. The second-order valence-corrected chi connectivity index (χ2v) is 7.87. The summed E-state index contributed by atoms with van der Waals surface area (Å²) in [5.74, 6) is 0. The zero-order valence-electron chi connectivity index (χ0n) is 2.40. The Morgan fingerprint density at radius 1 is 1.00 bits per heavy atom. The van der Waals surface area contributed by atoms with E-state index in [0.29, 0.717) is 0 Å². The quantitative estimate of drug-likeness (QED) is 0.464. The zero-order chi connectivity index (χ0) is 3.58. The van der Waals surface area contributed by atoms with E-state index in [1.54, 1.807) is 0 Å². The van der Waals surface area contributed by atoms with E-state index in [0.717, 1.165) is 0 Å². The Hall–Kier alpha value is 2.73. The molecule has 0 aromatic carbocycles. The molecule has 0 heterocycles. The van der Waals surface area contributed by atoms with E-state index in [-0.39, 0.29) is 27.3 Å². The standard InChI is InChI=1S/Cd.Fe.3P. The van der Waals surface area contributed by atoms with Gasteiger partial charge in [-0.1, -0.05) is 0 Å². The molecule has 0 bridgehead atoms. The fourth-order valence-corrected chi connectivity index (χ4v) is 0. The van der Waals surface area contributed by atoms with E-state index in [2.05, 4.69) is 21.8 Å². The van der Waals surface area contributed by atoms with Gasteiger partial charge in [0.1, 0.15) is 0 Å². The molecule has 0 aliphatic heterocycles. The Morgan fingerprint density at radius 2 is 1.00 bits per heavy atom. The Bertz CT molecular complexity index is 222. The van der Waals surface area contributed by atoms with E-state index < -0.39 is 10.5 Å². The van der Waals surface area contributed by atoms with Crippen LogP contribution in [0.2, 0.25) is 0 Å². The minimum atomic E-state index is -0.667. The van der Waals surface area contributed by atoms with Crippen molar-refractivity contribution in [2.24, 2.45) is 0 Å². The average Bonchev–Trinajstić information content (AvgIpc) is 0.811. The molecule has 0 atom stereocenters. The van der Waals surface area contributed by atoms with Gasteiger partial charge in [-0.05, 0) is 0 Å². The van der Waals surface area contributed by atoms with Gasteiger partial charge in [0, 0.05) is 27.3 Å². The topological polar surface area (TPSA) is 0 Å². The minimum absolute atomic E-state index is 0. The van der Waals surface area contributed by atoms with Gasteiger partial charge in [-0.25, -0.2) is 0 Å². The van der Waals surface area contributed by atoms with Crippen LogP contribution in [0.4, 0.5) is 0 Å². The predicted octanol–water partition coefficient (Wildman–Crippen LogP) is 2.58. The van der Waals surface area contributed by atoms with E-state index >= 15 is 0 Å². The van der Waals surface area contributed by atoms with Crippen LogP contribution >= 0.6 is 21.8 Å². The summed E-state index contributed by atoms with van der Waals surface area (Å²) in [7, 11) is 10.7. The molecule has 5 heavy (non-hydrogen) atoms. The molecule has 0 amide bonds. The van der Waals surface area contributed by atoms with Crippen LogP contribution in [-0.4, -0.2) is 0 Å². The third kappa shape index (κ3) is 20.2. The maximum atomic E-state index is 3.78. The van der Waals surface area contributed by atoms with E-state index in [4.69, 9.17) is 0 Å². The molecule has 0 nitrogen and oxygen atoms in total. The Balaban J connectivity index is 0. The molecule has 0 fully saturated rings. The first kappa shape index (κ1) is 10.7. The van der Waals surface area contributed by atoms with Crippen molar-refractivity contribution in [3.8, 4) is 0 Å². The van der Waals surface area contributed by atoms with Crippen molar-refractivity contribution < 1.29 is 37.8 Å². The van der Waals surface area contributed by atoms with Crippen LogP contribution in [0, 0.1) is 0 Å². The summed E-state index contributed by atoms with van der Waals surface area (Å²) >= 11 is 0. The van der Waals surface area contributed by atoms with Crippen LogP contribution in [0.1, 0.15) is 0 Å². The van der Waals surface area contributed by atoms with Crippen molar-refractivity contribution in [3.05, 3.63) is 0 Å². The molecule has 0 aromatic heterocycles. The van der Waals surface area contributed by atoms with Crippen molar-refractivity contribution in [2.45, 2.75) is 0 Å². The van der Waals surface area contributed by atoms with Crippen molar-refractivity contribution in [1.29, 1.82) is 0 Å². The predicted molar refractivity (Wildman–Crippen MR) is 20.8 cm³/mol. The third-order valence-electron chi connectivity index (χ3n) is 0. The summed E-state index contributed by atoms with van der Waals surface area (Å²) in [4.78, 5) is 0. The first-order valence-corrected chi connectivity index (χ1v) is 5.87. The molecule has 5 heteroatoms. The van der Waals surface area contributed by atoms with Crippen LogP contribution in [0.15, 0.2) is 0 Å². The molecule has 0 N–H and O–H groups in total. The van der Waals surface area contributed by atoms with Crippen LogP contribution in [0.25, 0.3) is 0 Å². The second kappa shape index (κ2) is 6.73. The van der Waals surface area contributed by atoms with Gasteiger partial charge in [-0.3, -0.25) is 0 Å². The molecule has 0 unspecified atom stereocenters. The Kier molecular flexibility index (Phi) is 14.4. The fourth-order valence-electron chi connectivity index (χ4n) is 0. The SMILES string of the molecule is [Cd].[P]#[Fe](#[P])#[P]. The van der Waals surface area contributed by atoms with Gasteiger partial charge in [0.2, 0.25) is 0 Å². The number of rotatable bonds is 0. The molecular formula is CdFeP3. The Labute approximate surface area is 59.1 Å². The summed E-state index contributed by atoms with van der Waals surface area (Å²) in [5.41, 5.74) is 0. The van der Waals surface area contributed by atoms with Crippen molar-refractivity contribution in [3.63, 3.8) is 0 Å². The molecule has 0 aromatic rings. The van der Waals surface area contributed by atoms with E-state index in [1.165, 1.54) is 0 Å². The second-order valence-electron chi connectivity index (χ2n) is 0.212.